The second-order valence-electron chi connectivity index (χ2n) is 2.29. The van der Waals surface area contributed by atoms with E-state index in [1.54, 1.807) is 0 Å². The first kappa shape index (κ1) is 12.9. The third-order valence-electron chi connectivity index (χ3n) is 1.17. The summed E-state index contributed by atoms with van der Waals surface area (Å²) >= 11 is 0. The van der Waals surface area contributed by atoms with Gasteiger partial charge in [-0.3, -0.25) is 0 Å². The molecule has 0 aromatic heterocycles. The van der Waals surface area contributed by atoms with E-state index >= 15 is 0 Å². The van der Waals surface area contributed by atoms with Gasteiger partial charge in [0.15, 0.2) is 0 Å². The molecule has 0 N–H and O–H groups in total. The van der Waals surface area contributed by atoms with Crippen molar-refractivity contribution in [2.24, 2.45) is 0 Å². The van der Waals surface area contributed by atoms with Crippen molar-refractivity contribution in [2.45, 2.75) is 18.5 Å². The highest BCUT2D eigenvalue weighted by molar-refractivity contribution is 5.78. The molecule has 0 atom stereocenters. The molecule has 0 saturated heterocycles. The molecule has 82 valence electrons. The standard InChI is InChI=1S/C7H7F5O2/c1-2-3-4-14-5(13)6(8,9)7(10,11)12/h2H,1,3-4H2. The second-order valence-corrected chi connectivity index (χ2v) is 2.29. The fourth-order valence-corrected chi connectivity index (χ4v) is 0.441. The predicted molar refractivity (Wildman–Crippen MR) is 36.8 cm³/mol. The Balaban J connectivity index is 4.29. The maximum atomic E-state index is 12.1. The molecular formula is C7H7F5O2. The molecule has 0 aromatic rings. The minimum absolute atomic E-state index is 0.0136. The van der Waals surface area contributed by atoms with Crippen molar-refractivity contribution in [3.63, 3.8) is 0 Å². The monoisotopic (exact) mass is 218 g/mol. The molecule has 0 heterocycles. The van der Waals surface area contributed by atoms with Crippen LogP contribution in [0.3, 0.4) is 0 Å². The summed E-state index contributed by atoms with van der Waals surface area (Å²) in [6, 6.07) is 0. The Bertz CT molecular complexity index is 221. The number of hydrogen-bond donors (Lipinski definition) is 0. The summed E-state index contributed by atoms with van der Waals surface area (Å²) < 4.78 is 62.5. The third kappa shape index (κ3) is 2.97. The minimum Gasteiger partial charge on any atom is -0.461 e. The molecule has 0 radical (unpaired) electrons. The van der Waals surface area contributed by atoms with Gasteiger partial charge in [-0.05, 0) is 6.42 Å². The van der Waals surface area contributed by atoms with Crippen LogP contribution in [-0.4, -0.2) is 24.7 Å². The van der Waals surface area contributed by atoms with Crippen LogP contribution in [0.15, 0.2) is 12.7 Å². The van der Waals surface area contributed by atoms with Crippen LogP contribution >= 0.6 is 0 Å². The van der Waals surface area contributed by atoms with E-state index < -0.39 is 24.7 Å². The largest absolute Gasteiger partial charge is 0.465 e. The average molecular weight is 218 g/mol. The van der Waals surface area contributed by atoms with Crippen LogP contribution in [0.2, 0.25) is 0 Å². The molecule has 0 aliphatic carbocycles. The number of alkyl halides is 5. The molecule has 0 aliphatic heterocycles. The van der Waals surface area contributed by atoms with Crippen LogP contribution in [0.5, 0.6) is 0 Å². The van der Waals surface area contributed by atoms with Gasteiger partial charge in [-0.15, -0.1) is 6.58 Å². The Hall–Kier alpha value is -1.14. The topological polar surface area (TPSA) is 26.3 Å². The molecule has 0 aromatic carbocycles. The number of ether oxygens (including phenoxy) is 1. The van der Waals surface area contributed by atoms with Gasteiger partial charge in [0.2, 0.25) is 0 Å². The summed E-state index contributed by atoms with van der Waals surface area (Å²) in [5.41, 5.74) is 0. The molecule has 14 heavy (non-hydrogen) atoms. The third-order valence-corrected chi connectivity index (χ3v) is 1.17. The van der Waals surface area contributed by atoms with Gasteiger partial charge < -0.3 is 4.74 Å². The SMILES string of the molecule is C=CCCOC(=O)C(F)(F)C(F)(F)F. The zero-order chi connectivity index (χ0) is 11.4. The predicted octanol–water partition coefficient (Wildman–Crippen LogP) is 2.30. The number of carbonyl (C=O) groups is 1. The smallest absolute Gasteiger partial charge is 0.461 e. The highest BCUT2D eigenvalue weighted by atomic mass is 19.4. The Kier molecular flexibility index (Phi) is 4.03. The van der Waals surface area contributed by atoms with Crippen LogP contribution < -0.4 is 0 Å². The molecule has 0 unspecified atom stereocenters. The summed E-state index contributed by atoms with van der Waals surface area (Å²) in [5, 5.41) is 0. The van der Waals surface area contributed by atoms with Crippen molar-refractivity contribution in [1.82, 2.24) is 0 Å². The molecule has 0 saturated carbocycles. The molecule has 0 aliphatic rings. The van der Waals surface area contributed by atoms with E-state index in [4.69, 9.17) is 0 Å². The van der Waals surface area contributed by atoms with Crippen molar-refractivity contribution in [3.8, 4) is 0 Å². The van der Waals surface area contributed by atoms with Gasteiger partial charge in [0.25, 0.3) is 0 Å². The Morgan fingerprint density at radius 1 is 1.29 bits per heavy atom. The van der Waals surface area contributed by atoms with E-state index in [9.17, 15) is 26.7 Å². The Morgan fingerprint density at radius 3 is 2.14 bits per heavy atom. The summed E-state index contributed by atoms with van der Waals surface area (Å²) in [4.78, 5) is 10.3. The molecule has 0 rings (SSSR count). The summed E-state index contributed by atoms with van der Waals surface area (Å²) in [6.45, 7) is 2.62. The summed E-state index contributed by atoms with van der Waals surface area (Å²) in [5.74, 6) is -8.04. The quantitative estimate of drug-likeness (QED) is 0.313. The molecule has 0 spiro atoms. The van der Waals surface area contributed by atoms with Crippen LogP contribution in [0, 0.1) is 0 Å². The molecule has 2 nitrogen and oxygen atoms in total. The van der Waals surface area contributed by atoms with Crippen molar-refractivity contribution in [1.29, 1.82) is 0 Å². The number of hydrogen-bond acceptors (Lipinski definition) is 2. The molecule has 7 heteroatoms. The fraction of sp³-hybridized carbons (Fsp3) is 0.571. The van der Waals surface area contributed by atoms with Gasteiger partial charge >= 0.3 is 18.1 Å². The lowest BCUT2D eigenvalue weighted by Gasteiger charge is -2.17. The fourth-order valence-electron chi connectivity index (χ4n) is 0.441. The van der Waals surface area contributed by atoms with Gasteiger partial charge in [-0.25, -0.2) is 4.79 Å². The van der Waals surface area contributed by atoms with Crippen molar-refractivity contribution >= 4 is 5.97 Å². The first-order valence-corrected chi connectivity index (χ1v) is 3.46. The van der Waals surface area contributed by atoms with Crippen molar-refractivity contribution < 1.29 is 31.5 Å². The van der Waals surface area contributed by atoms with Crippen molar-refractivity contribution in [2.75, 3.05) is 6.61 Å². The second kappa shape index (κ2) is 4.39. The normalized spacial score (nSPS) is 12.4. The number of carbonyl (C=O) groups excluding carboxylic acids is 1. The number of rotatable bonds is 4. The molecule has 0 amide bonds. The summed E-state index contributed by atoms with van der Waals surface area (Å²) in [6.07, 6.45) is -4.68. The average Bonchev–Trinajstić information content (AvgIpc) is 2.02. The van der Waals surface area contributed by atoms with E-state index in [1.165, 1.54) is 6.08 Å². The van der Waals surface area contributed by atoms with E-state index in [2.05, 4.69) is 11.3 Å². The first-order chi connectivity index (χ1) is 6.23. The van der Waals surface area contributed by atoms with E-state index in [1.807, 2.05) is 0 Å². The zero-order valence-corrected chi connectivity index (χ0v) is 6.90. The lowest BCUT2D eigenvalue weighted by molar-refractivity contribution is -0.280. The Morgan fingerprint density at radius 2 is 1.79 bits per heavy atom. The molecule has 0 bridgehead atoms. The lowest BCUT2D eigenvalue weighted by Crippen LogP contribution is -2.45. The first-order valence-electron chi connectivity index (χ1n) is 3.46. The Labute approximate surface area is 76.3 Å². The number of halogens is 5. The highest BCUT2D eigenvalue weighted by Gasteiger charge is 2.64. The van der Waals surface area contributed by atoms with Crippen LogP contribution in [0.4, 0.5) is 22.0 Å². The summed E-state index contributed by atoms with van der Waals surface area (Å²) in [7, 11) is 0. The van der Waals surface area contributed by atoms with Crippen LogP contribution in [0.1, 0.15) is 6.42 Å². The van der Waals surface area contributed by atoms with E-state index in [0.29, 0.717) is 0 Å². The molecular weight excluding hydrogens is 211 g/mol. The molecule has 0 fully saturated rings. The van der Waals surface area contributed by atoms with Gasteiger partial charge in [0.05, 0.1) is 6.61 Å². The highest BCUT2D eigenvalue weighted by Crippen LogP contribution is 2.36. The maximum Gasteiger partial charge on any atom is 0.465 e. The van der Waals surface area contributed by atoms with Crippen LogP contribution in [0.25, 0.3) is 0 Å². The van der Waals surface area contributed by atoms with Crippen LogP contribution in [-0.2, 0) is 9.53 Å². The van der Waals surface area contributed by atoms with E-state index in [-0.39, 0.29) is 6.42 Å². The van der Waals surface area contributed by atoms with Crippen molar-refractivity contribution in [3.05, 3.63) is 12.7 Å². The van der Waals surface area contributed by atoms with Gasteiger partial charge in [0.1, 0.15) is 0 Å². The van der Waals surface area contributed by atoms with E-state index in [0.717, 1.165) is 0 Å². The minimum atomic E-state index is -5.92. The van der Waals surface area contributed by atoms with Gasteiger partial charge in [-0.1, -0.05) is 6.08 Å². The zero-order valence-electron chi connectivity index (χ0n) is 6.90. The number of esters is 1. The van der Waals surface area contributed by atoms with Gasteiger partial charge in [-0.2, -0.15) is 22.0 Å². The lowest BCUT2D eigenvalue weighted by atomic mass is 10.3. The maximum absolute atomic E-state index is 12.1. The van der Waals surface area contributed by atoms with Gasteiger partial charge in [0, 0.05) is 0 Å².